The van der Waals surface area contributed by atoms with E-state index in [0.717, 1.165) is 44.1 Å². The molecule has 0 spiro atoms. The summed E-state index contributed by atoms with van der Waals surface area (Å²) in [4.78, 5) is 23.1. The Morgan fingerprint density at radius 1 is 1.48 bits per heavy atom. The number of nitrogens with zero attached hydrogens (tertiary/aromatic N) is 3. The van der Waals surface area contributed by atoms with Crippen LogP contribution in [0.4, 0.5) is 0 Å². The van der Waals surface area contributed by atoms with Crippen LogP contribution in [0.1, 0.15) is 57.2 Å². The SMILES string of the molecule is CCNC(=NCCc1csc(C(C)C)n1)NC1CCN(C(=O)CC)C1. The first kappa shape index (κ1) is 19.7. The van der Waals surface area contributed by atoms with Gasteiger partial charge in [0.2, 0.25) is 5.91 Å². The van der Waals surface area contributed by atoms with Crippen molar-refractivity contribution >= 4 is 23.2 Å². The number of aromatic nitrogens is 1. The van der Waals surface area contributed by atoms with Crippen molar-refractivity contribution in [3.63, 3.8) is 0 Å². The number of nitrogens with one attached hydrogen (secondary N) is 2. The van der Waals surface area contributed by atoms with Crippen LogP contribution in [0.25, 0.3) is 0 Å². The standard InChI is InChI=1S/C18H31N5OS/c1-5-16(24)23-10-8-14(11-23)22-18(19-6-2)20-9-7-15-12-25-17(21-15)13(3)4/h12-14H,5-11H2,1-4H3,(H2,19,20,22). The Hall–Kier alpha value is -1.63. The summed E-state index contributed by atoms with van der Waals surface area (Å²) in [5.41, 5.74) is 1.12. The molecule has 2 heterocycles. The van der Waals surface area contributed by atoms with E-state index in [9.17, 15) is 4.79 Å². The van der Waals surface area contributed by atoms with Crippen molar-refractivity contribution in [3.05, 3.63) is 16.1 Å². The molecule has 1 aromatic heterocycles. The lowest BCUT2D eigenvalue weighted by Gasteiger charge is -2.18. The van der Waals surface area contributed by atoms with Crippen molar-refractivity contribution in [2.24, 2.45) is 4.99 Å². The maximum atomic E-state index is 11.8. The second-order valence-corrected chi connectivity index (χ2v) is 7.56. The number of rotatable bonds is 7. The number of carbonyl (C=O) groups excluding carboxylic acids is 1. The van der Waals surface area contributed by atoms with Crippen LogP contribution in [0, 0.1) is 0 Å². The highest BCUT2D eigenvalue weighted by molar-refractivity contribution is 7.09. The Labute approximate surface area is 155 Å². The fourth-order valence-corrected chi connectivity index (χ4v) is 3.70. The molecule has 1 unspecified atom stereocenters. The van der Waals surface area contributed by atoms with Gasteiger partial charge in [-0.05, 0) is 13.3 Å². The van der Waals surface area contributed by atoms with Gasteiger partial charge in [0.1, 0.15) is 0 Å². The third kappa shape index (κ3) is 5.99. The summed E-state index contributed by atoms with van der Waals surface area (Å²) in [5.74, 6) is 1.55. The maximum absolute atomic E-state index is 11.8. The van der Waals surface area contributed by atoms with Crippen LogP contribution in [0.2, 0.25) is 0 Å². The topological polar surface area (TPSA) is 69.6 Å². The number of thiazole rings is 1. The van der Waals surface area contributed by atoms with E-state index in [2.05, 4.69) is 46.8 Å². The summed E-state index contributed by atoms with van der Waals surface area (Å²) in [6.07, 6.45) is 2.40. The number of guanidine groups is 1. The van der Waals surface area contributed by atoms with E-state index in [1.165, 1.54) is 5.01 Å². The fraction of sp³-hybridized carbons (Fsp3) is 0.722. The molecule has 1 atom stereocenters. The molecule has 0 bridgehead atoms. The first-order valence-electron chi connectivity index (χ1n) is 9.30. The highest BCUT2D eigenvalue weighted by atomic mass is 32.1. The minimum absolute atomic E-state index is 0.232. The number of amides is 1. The summed E-state index contributed by atoms with van der Waals surface area (Å²) in [5, 5.41) is 10.1. The van der Waals surface area contributed by atoms with Crippen molar-refractivity contribution < 1.29 is 4.79 Å². The molecule has 7 heteroatoms. The summed E-state index contributed by atoms with van der Waals surface area (Å²) >= 11 is 1.73. The maximum Gasteiger partial charge on any atom is 0.222 e. The molecule has 0 aromatic carbocycles. The number of hydrogen-bond donors (Lipinski definition) is 2. The van der Waals surface area contributed by atoms with Crippen LogP contribution in [0.3, 0.4) is 0 Å². The molecule has 140 valence electrons. The molecule has 1 aliphatic rings. The Kier molecular flexibility index (Phi) is 7.68. The molecular weight excluding hydrogens is 334 g/mol. The van der Waals surface area contributed by atoms with Gasteiger partial charge in [0.15, 0.2) is 5.96 Å². The largest absolute Gasteiger partial charge is 0.357 e. The van der Waals surface area contributed by atoms with Gasteiger partial charge in [0.05, 0.1) is 10.7 Å². The van der Waals surface area contributed by atoms with E-state index >= 15 is 0 Å². The Morgan fingerprint density at radius 2 is 2.28 bits per heavy atom. The molecule has 0 radical (unpaired) electrons. The Morgan fingerprint density at radius 3 is 2.92 bits per heavy atom. The van der Waals surface area contributed by atoms with Crippen molar-refractivity contribution in [1.29, 1.82) is 0 Å². The minimum atomic E-state index is 0.232. The van der Waals surface area contributed by atoms with E-state index in [-0.39, 0.29) is 11.9 Å². The molecule has 1 aliphatic heterocycles. The average molecular weight is 366 g/mol. The molecule has 1 aromatic rings. The van der Waals surface area contributed by atoms with E-state index < -0.39 is 0 Å². The molecule has 1 saturated heterocycles. The van der Waals surface area contributed by atoms with Gasteiger partial charge in [-0.3, -0.25) is 9.79 Å². The molecule has 0 saturated carbocycles. The van der Waals surface area contributed by atoms with Crippen molar-refractivity contribution in [3.8, 4) is 0 Å². The van der Waals surface area contributed by atoms with Crippen LogP contribution >= 0.6 is 11.3 Å². The van der Waals surface area contributed by atoms with Crippen LogP contribution in [-0.4, -0.2) is 54.0 Å². The van der Waals surface area contributed by atoms with Crippen LogP contribution in [0.15, 0.2) is 10.4 Å². The van der Waals surface area contributed by atoms with Gasteiger partial charge in [0, 0.05) is 56.4 Å². The summed E-state index contributed by atoms with van der Waals surface area (Å²) in [7, 11) is 0. The zero-order chi connectivity index (χ0) is 18.2. The van der Waals surface area contributed by atoms with Gasteiger partial charge >= 0.3 is 0 Å². The van der Waals surface area contributed by atoms with Crippen LogP contribution in [-0.2, 0) is 11.2 Å². The normalized spacial score (nSPS) is 18.0. The van der Waals surface area contributed by atoms with Gasteiger partial charge in [-0.2, -0.15) is 0 Å². The van der Waals surface area contributed by atoms with E-state index in [1.807, 2.05) is 11.8 Å². The van der Waals surface area contributed by atoms with E-state index in [4.69, 9.17) is 0 Å². The summed E-state index contributed by atoms with van der Waals surface area (Å²) < 4.78 is 0. The highest BCUT2D eigenvalue weighted by Crippen LogP contribution is 2.19. The average Bonchev–Trinajstić information content (AvgIpc) is 3.24. The number of aliphatic imine (C=N–C) groups is 1. The predicted octanol–water partition coefficient (Wildman–Crippen LogP) is 2.38. The third-order valence-corrected chi connectivity index (χ3v) is 5.42. The van der Waals surface area contributed by atoms with Crippen LogP contribution in [0.5, 0.6) is 0 Å². The van der Waals surface area contributed by atoms with Gasteiger partial charge < -0.3 is 15.5 Å². The van der Waals surface area contributed by atoms with E-state index in [0.29, 0.717) is 18.9 Å². The first-order chi connectivity index (χ1) is 12.0. The van der Waals surface area contributed by atoms with Gasteiger partial charge in [-0.1, -0.05) is 20.8 Å². The van der Waals surface area contributed by atoms with E-state index in [1.54, 1.807) is 11.3 Å². The number of hydrogen-bond acceptors (Lipinski definition) is 4. The highest BCUT2D eigenvalue weighted by Gasteiger charge is 2.25. The molecule has 0 aliphatic carbocycles. The molecule has 2 rings (SSSR count). The van der Waals surface area contributed by atoms with Crippen molar-refractivity contribution in [2.75, 3.05) is 26.2 Å². The monoisotopic (exact) mass is 365 g/mol. The lowest BCUT2D eigenvalue weighted by Crippen LogP contribution is -2.45. The predicted molar refractivity (Wildman–Crippen MR) is 104 cm³/mol. The number of carbonyl (C=O) groups is 1. The lowest BCUT2D eigenvalue weighted by atomic mass is 10.2. The zero-order valence-electron chi connectivity index (χ0n) is 15.8. The van der Waals surface area contributed by atoms with Crippen LogP contribution < -0.4 is 10.6 Å². The number of likely N-dealkylation sites (tertiary alicyclic amines) is 1. The van der Waals surface area contributed by atoms with Crippen molar-refractivity contribution in [2.45, 2.75) is 58.9 Å². The fourth-order valence-electron chi connectivity index (χ4n) is 2.83. The Bertz CT molecular complexity index is 584. The third-order valence-electron chi connectivity index (χ3n) is 4.23. The molecule has 25 heavy (non-hydrogen) atoms. The summed E-state index contributed by atoms with van der Waals surface area (Å²) in [6.45, 7) is 11.4. The molecular formula is C18H31N5OS. The molecule has 2 N–H and O–H groups in total. The molecule has 6 nitrogen and oxygen atoms in total. The second-order valence-electron chi connectivity index (χ2n) is 6.67. The van der Waals surface area contributed by atoms with Gasteiger partial charge in [-0.15, -0.1) is 11.3 Å². The molecule has 1 amide bonds. The second kappa shape index (κ2) is 9.75. The van der Waals surface area contributed by atoms with Gasteiger partial charge in [0.25, 0.3) is 0 Å². The van der Waals surface area contributed by atoms with Gasteiger partial charge in [-0.25, -0.2) is 4.98 Å². The first-order valence-corrected chi connectivity index (χ1v) is 10.2. The quantitative estimate of drug-likeness (QED) is 0.575. The smallest absolute Gasteiger partial charge is 0.222 e. The zero-order valence-corrected chi connectivity index (χ0v) is 16.7. The minimum Gasteiger partial charge on any atom is -0.357 e. The Balaban J connectivity index is 1.84. The summed E-state index contributed by atoms with van der Waals surface area (Å²) in [6, 6.07) is 0.278. The van der Waals surface area contributed by atoms with Crippen molar-refractivity contribution in [1.82, 2.24) is 20.5 Å². The molecule has 1 fully saturated rings. The lowest BCUT2D eigenvalue weighted by molar-refractivity contribution is -0.129.